The van der Waals surface area contributed by atoms with E-state index in [1.54, 1.807) is 12.4 Å². The highest BCUT2D eigenvalue weighted by Gasteiger charge is 2.20. The highest BCUT2D eigenvalue weighted by atomic mass is 16.5. The molecule has 8 heteroatoms. The number of nitrogens with one attached hydrogen (secondary N) is 1. The van der Waals surface area contributed by atoms with Crippen molar-refractivity contribution in [1.29, 1.82) is 0 Å². The summed E-state index contributed by atoms with van der Waals surface area (Å²) in [6.45, 7) is 8.05. The minimum Gasteiger partial charge on any atom is -0.477 e. The molecule has 1 N–H and O–H groups in total. The van der Waals surface area contributed by atoms with E-state index in [1.165, 1.54) is 0 Å². The Labute approximate surface area is 199 Å². The summed E-state index contributed by atoms with van der Waals surface area (Å²) in [5, 5.41) is 8.42. The van der Waals surface area contributed by atoms with E-state index in [0.717, 1.165) is 58.5 Å². The van der Waals surface area contributed by atoms with Gasteiger partial charge in [0.15, 0.2) is 0 Å². The summed E-state index contributed by atoms with van der Waals surface area (Å²) in [7, 11) is 0. The summed E-state index contributed by atoms with van der Waals surface area (Å²) >= 11 is 0. The Morgan fingerprint density at radius 1 is 0.971 bits per heavy atom. The molecule has 0 saturated carbocycles. The predicted octanol–water partition coefficient (Wildman–Crippen LogP) is 5.33. The van der Waals surface area contributed by atoms with Gasteiger partial charge < -0.3 is 14.8 Å². The molecule has 0 aliphatic carbocycles. The normalized spacial score (nSPS) is 14.6. The van der Waals surface area contributed by atoms with Gasteiger partial charge in [0.25, 0.3) is 0 Å². The molecule has 0 aromatic carbocycles. The fourth-order valence-corrected chi connectivity index (χ4v) is 4.23. The van der Waals surface area contributed by atoms with E-state index in [9.17, 15) is 0 Å². The van der Waals surface area contributed by atoms with Crippen molar-refractivity contribution in [2.24, 2.45) is 0 Å². The zero-order chi connectivity index (χ0) is 23.5. The van der Waals surface area contributed by atoms with Gasteiger partial charge in [-0.2, -0.15) is 5.10 Å². The number of rotatable bonds is 1. The highest BCUT2D eigenvalue weighted by molar-refractivity contribution is 5.93. The van der Waals surface area contributed by atoms with E-state index < -0.39 is 0 Å². The second kappa shape index (κ2) is 9.67. The summed E-state index contributed by atoms with van der Waals surface area (Å²) in [4.78, 5) is 14.0. The van der Waals surface area contributed by atoms with Crippen LogP contribution in [-0.2, 0) is 6.54 Å². The number of hydrogen-bond acceptors (Lipinski definition) is 7. The van der Waals surface area contributed by atoms with Crippen LogP contribution in [0, 0.1) is 6.92 Å². The molecular formula is C26H30N6O2. The topological polar surface area (TPSA) is 87.0 Å². The van der Waals surface area contributed by atoms with Gasteiger partial charge in [-0.3, -0.25) is 4.68 Å². The molecule has 4 aromatic heterocycles. The molecule has 176 valence electrons. The van der Waals surface area contributed by atoms with E-state index >= 15 is 0 Å². The minimum absolute atomic E-state index is 0.192. The molecule has 0 radical (unpaired) electrons. The zero-order valence-electron chi connectivity index (χ0n) is 19.9. The Kier molecular flexibility index (Phi) is 6.29. The number of hydrogen-bond donors (Lipinski definition) is 1. The number of aryl methyl sites for hydroxylation is 1. The molecule has 4 aromatic rings. The molecule has 34 heavy (non-hydrogen) atoms. The van der Waals surface area contributed by atoms with Crippen molar-refractivity contribution in [3.63, 3.8) is 0 Å². The van der Waals surface area contributed by atoms with Crippen molar-refractivity contribution < 1.29 is 9.47 Å². The lowest BCUT2D eigenvalue weighted by atomic mass is 10.1. The number of nitrogens with zero attached hydrogens (tertiary/aromatic N) is 5. The van der Waals surface area contributed by atoms with Gasteiger partial charge in [0.2, 0.25) is 11.8 Å². The third-order valence-electron chi connectivity index (χ3n) is 5.94. The van der Waals surface area contributed by atoms with Gasteiger partial charge in [-0.05, 0) is 64.3 Å². The van der Waals surface area contributed by atoms with Gasteiger partial charge in [0.1, 0.15) is 11.0 Å². The van der Waals surface area contributed by atoms with Crippen LogP contribution in [-0.4, -0.2) is 37.9 Å². The fraction of sp³-hybridized carbons (Fsp3) is 0.385. The second-order valence-corrected chi connectivity index (χ2v) is 8.81. The maximum Gasteiger partial charge on any atom is 0.222 e. The summed E-state index contributed by atoms with van der Waals surface area (Å²) < 4.78 is 14.1. The van der Waals surface area contributed by atoms with Gasteiger partial charge in [-0.25, -0.2) is 15.0 Å². The monoisotopic (exact) mass is 458 g/mol. The molecular weight excluding hydrogens is 428 g/mol. The molecule has 0 saturated heterocycles. The Morgan fingerprint density at radius 3 is 2.50 bits per heavy atom. The van der Waals surface area contributed by atoms with E-state index in [2.05, 4.69) is 41.3 Å². The SMILES string of the molecule is Cc1nn(C(C)C)c2c3cc(nc12)-c1cccnc1OCCCCCOc1ncccc1CN3. The zero-order valence-corrected chi connectivity index (χ0v) is 19.9. The quantitative estimate of drug-likeness (QED) is 0.412. The van der Waals surface area contributed by atoms with Crippen molar-refractivity contribution in [1.82, 2.24) is 24.7 Å². The van der Waals surface area contributed by atoms with Gasteiger partial charge in [0, 0.05) is 30.5 Å². The molecule has 0 amide bonds. The molecule has 0 spiro atoms. The highest BCUT2D eigenvalue weighted by Crippen LogP contribution is 2.35. The Hall–Kier alpha value is -3.68. The lowest BCUT2D eigenvalue weighted by Crippen LogP contribution is -2.10. The number of anilines is 1. The third kappa shape index (κ3) is 4.40. The summed E-state index contributed by atoms with van der Waals surface area (Å²) in [5.41, 5.74) is 6.38. The van der Waals surface area contributed by atoms with Gasteiger partial charge >= 0.3 is 0 Å². The van der Waals surface area contributed by atoms with Crippen LogP contribution in [0.15, 0.2) is 42.7 Å². The average Bonchev–Trinajstić information content (AvgIpc) is 3.19. The summed E-state index contributed by atoms with van der Waals surface area (Å²) in [6, 6.07) is 10.2. The first kappa shape index (κ1) is 22.1. The number of aromatic nitrogens is 5. The van der Waals surface area contributed by atoms with E-state index in [4.69, 9.17) is 19.6 Å². The van der Waals surface area contributed by atoms with Crippen LogP contribution in [0.5, 0.6) is 11.8 Å². The molecule has 1 aliphatic rings. The van der Waals surface area contributed by atoms with Crippen LogP contribution in [0.25, 0.3) is 22.3 Å². The maximum absolute atomic E-state index is 6.08. The number of ether oxygens (including phenoxy) is 2. The number of fused-ring (bicyclic) bond motifs is 7. The Balaban J connectivity index is 1.66. The number of pyridine rings is 3. The molecule has 8 nitrogen and oxygen atoms in total. The Bertz CT molecular complexity index is 1300. The minimum atomic E-state index is 0.192. The first-order chi connectivity index (χ1) is 16.6. The average molecular weight is 459 g/mol. The Morgan fingerprint density at radius 2 is 1.71 bits per heavy atom. The second-order valence-electron chi connectivity index (χ2n) is 8.81. The van der Waals surface area contributed by atoms with Crippen molar-refractivity contribution in [2.45, 2.75) is 52.6 Å². The van der Waals surface area contributed by atoms with Crippen molar-refractivity contribution in [3.8, 4) is 23.0 Å². The smallest absolute Gasteiger partial charge is 0.222 e. The maximum atomic E-state index is 6.08. The van der Waals surface area contributed by atoms with Crippen molar-refractivity contribution >= 4 is 16.7 Å². The molecule has 0 fully saturated rings. The predicted molar refractivity (Wildman–Crippen MR) is 132 cm³/mol. The van der Waals surface area contributed by atoms with Crippen LogP contribution >= 0.6 is 0 Å². The summed E-state index contributed by atoms with van der Waals surface area (Å²) in [5.74, 6) is 1.28. The van der Waals surface area contributed by atoms with Gasteiger partial charge in [-0.15, -0.1) is 0 Å². The van der Waals surface area contributed by atoms with Crippen LogP contribution < -0.4 is 14.8 Å². The molecule has 0 atom stereocenters. The lowest BCUT2D eigenvalue weighted by molar-refractivity contribution is 0.268. The first-order valence-corrected chi connectivity index (χ1v) is 11.9. The lowest BCUT2D eigenvalue weighted by Gasteiger charge is -2.17. The molecule has 5 heterocycles. The molecule has 0 unspecified atom stereocenters. The van der Waals surface area contributed by atoms with Crippen molar-refractivity contribution in [2.75, 3.05) is 18.5 Å². The van der Waals surface area contributed by atoms with E-state index in [-0.39, 0.29) is 6.04 Å². The molecule has 2 bridgehead atoms. The summed E-state index contributed by atoms with van der Waals surface area (Å²) in [6.07, 6.45) is 6.40. The van der Waals surface area contributed by atoms with E-state index in [0.29, 0.717) is 31.5 Å². The molecule has 5 rings (SSSR count). The van der Waals surface area contributed by atoms with Gasteiger partial charge in [-0.1, -0.05) is 6.07 Å². The fourth-order valence-electron chi connectivity index (χ4n) is 4.23. The third-order valence-corrected chi connectivity index (χ3v) is 5.94. The van der Waals surface area contributed by atoms with Crippen molar-refractivity contribution in [3.05, 3.63) is 54.0 Å². The van der Waals surface area contributed by atoms with Crippen LogP contribution in [0.4, 0.5) is 5.69 Å². The van der Waals surface area contributed by atoms with Gasteiger partial charge in [0.05, 0.1) is 35.9 Å². The van der Waals surface area contributed by atoms with Crippen LogP contribution in [0.1, 0.15) is 50.4 Å². The van der Waals surface area contributed by atoms with E-state index in [1.807, 2.05) is 29.8 Å². The molecule has 1 aliphatic heterocycles. The largest absolute Gasteiger partial charge is 0.477 e. The first-order valence-electron chi connectivity index (χ1n) is 11.9. The van der Waals surface area contributed by atoms with Crippen LogP contribution in [0.2, 0.25) is 0 Å². The van der Waals surface area contributed by atoms with Crippen LogP contribution in [0.3, 0.4) is 0 Å². The standard InChI is InChI=1S/C26H30N6O2/c1-17(2)32-24-22-15-21(30-23(24)18(3)31-32)20-10-8-12-28-26(20)34-14-6-4-5-13-33-25-19(16-29-22)9-7-11-27-25/h7-12,15,17,29H,4-6,13-14,16H2,1-3H3.